The van der Waals surface area contributed by atoms with E-state index in [0.29, 0.717) is 23.7 Å². The van der Waals surface area contributed by atoms with Gasteiger partial charge in [0.25, 0.3) is 0 Å². The third kappa shape index (κ3) is 5.45. The Balaban J connectivity index is 1.82. The van der Waals surface area contributed by atoms with Crippen LogP contribution in [0.1, 0.15) is 43.7 Å². The summed E-state index contributed by atoms with van der Waals surface area (Å²) in [6.07, 6.45) is 3.29. The second-order valence-corrected chi connectivity index (χ2v) is 6.29. The van der Waals surface area contributed by atoms with Crippen molar-refractivity contribution in [2.45, 2.75) is 45.2 Å². The average Bonchev–Trinajstić information content (AvgIpc) is 2.66. The summed E-state index contributed by atoms with van der Waals surface area (Å²) >= 11 is 0. The summed E-state index contributed by atoms with van der Waals surface area (Å²) in [5.41, 5.74) is 0.769. The molecule has 1 aliphatic rings. The SMILES string of the molecule is CCOC(=O)C1CCC(NC(=NC)NCc2ccc(C#N)cc2F)CC1. The normalized spacial score (nSPS) is 20.2. The Hall–Kier alpha value is -2.62. The largest absolute Gasteiger partial charge is 0.466 e. The third-order valence-electron chi connectivity index (χ3n) is 4.54. The molecule has 26 heavy (non-hydrogen) atoms. The maximum absolute atomic E-state index is 13.9. The maximum atomic E-state index is 13.9. The molecular formula is C19H25FN4O2. The van der Waals surface area contributed by atoms with Crippen LogP contribution in [0.5, 0.6) is 0 Å². The van der Waals surface area contributed by atoms with Crippen LogP contribution in [-0.2, 0) is 16.1 Å². The van der Waals surface area contributed by atoms with Gasteiger partial charge >= 0.3 is 5.97 Å². The van der Waals surface area contributed by atoms with Crippen molar-refractivity contribution in [1.82, 2.24) is 10.6 Å². The molecule has 6 nitrogen and oxygen atoms in total. The van der Waals surface area contributed by atoms with Crippen molar-refractivity contribution in [2.75, 3.05) is 13.7 Å². The highest BCUT2D eigenvalue weighted by molar-refractivity contribution is 5.80. The summed E-state index contributed by atoms with van der Waals surface area (Å²) in [5.74, 6) is 0.0516. The first kappa shape index (κ1) is 19.7. The summed E-state index contributed by atoms with van der Waals surface area (Å²) in [5, 5.41) is 15.2. The quantitative estimate of drug-likeness (QED) is 0.479. The van der Waals surface area contributed by atoms with Crippen molar-refractivity contribution in [3.63, 3.8) is 0 Å². The average molecular weight is 360 g/mol. The minimum atomic E-state index is -0.415. The number of nitrogens with one attached hydrogen (secondary N) is 2. The van der Waals surface area contributed by atoms with E-state index in [0.717, 1.165) is 25.7 Å². The first-order valence-electron chi connectivity index (χ1n) is 8.89. The van der Waals surface area contributed by atoms with E-state index in [4.69, 9.17) is 10.00 Å². The van der Waals surface area contributed by atoms with E-state index >= 15 is 0 Å². The minimum absolute atomic E-state index is 0.0179. The molecular weight excluding hydrogens is 335 g/mol. The monoisotopic (exact) mass is 360 g/mol. The lowest BCUT2D eigenvalue weighted by molar-refractivity contribution is -0.149. The van der Waals surface area contributed by atoms with Crippen LogP contribution < -0.4 is 10.6 Å². The molecule has 0 spiro atoms. The van der Waals surface area contributed by atoms with Crippen molar-refractivity contribution < 1.29 is 13.9 Å². The number of hydrogen-bond acceptors (Lipinski definition) is 4. The van der Waals surface area contributed by atoms with E-state index in [9.17, 15) is 9.18 Å². The van der Waals surface area contributed by atoms with Gasteiger partial charge in [-0.25, -0.2) is 4.39 Å². The number of nitriles is 1. The number of rotatable bonds is 5. The third-order valence-corrected chi connectivity index (χ3v) is 4.54. The fourth-order valence-corrected chi connectivity index (χ4v) is 3.06. The zero-order chi connectivity index (χ0) is 18.9. The van der Waals surface area contributed by atoms with Gasteiger partial charge in [0.05, 0.1) is 24.2 Å². The van der Waals surface area contributed by atoms with Gasteiger partial charge in [0.2, 0.25) is 0 Å². The van der Waals surface area contributed by atoms with Crippen LogP contribution in [0.2, 0.25) is 0 Å². The fourth-order valence-electron chi connectivity index (χ4n) is 3.06. The summed E-state index contributed by atoms with van der Waals surface area (Å²) in [6, 6.07) is 6.55. The van der Waals surface area contributed by atoms with Gasteiger partial charge in [-0.3, -0.25) is 9.79 Å². The van der Waals surface area contributed by atoms with E-state index in [2.05, 4.69) is 15.6 Å². The van der Waals surface area contributed by atoms with Gasteiger partial charge in [-0.2, -0.15) is 5.26 Å². The van der Waals surface area contributed by atoms with Crippen LogP contribution in [-0.4, -0.2) is 31.6 Å². The van der Waals surface area contributed by atoms with Crippen LogP contribution in [0.25, 0.3) is 0 Å². The van der Waals surface area contributed by atoms with Crippen molar-refractivity contribution in [1.29, 1.82) is 5.26 Å². The van der Waals surface area contributed by atoms with Gasteiger partial charge in [-0.05, 0) is 44.7 Å². The van der Waals surface area contributed by atoms with E-state index in [1.54, 1.807) is 19.2 Å². The number of esters is 1. The fraction of sp³-hybridized carbons (Fsp3) is 0.526. The second kappa shape index (κ2) is 9.76. The van der Waals surface area contributed by atoms with Crippen molar-refractivity contribution in [2.24, 2.45) is 10.9 Å². The van der Waals surface area contributed by atoms with E-state index in [-0.39, 0.29) is 24.5 Å². The van der Waals surface area contributed by atoms with Gasteiger partial charge in [-0.15, -0.1) is 0 Å². The Morgan fingerprint density at radius 2 is 2.12 bits per heavy atom. The lowest BCUT2D eigenvalue weighted by atomic mass is 9.86. The Morgan fingerprint density at radius 1 is 1.38 bits per heavy atom. The molecule has 140 valence electrons. The van der Waals surface area contributed by atoms with Crippen LogP contribution in [0, 0.1) is 23.1 Å². The van der Waals surface area contributed by atoms with Gasteiger partial charge < -0.3 is 15.4 Å². The van der Waals surface area contributed by atoms with Crippen LogP contribution in [0.15, 0.2) is 23.2 Å². The van der Waals surface area contributed by atoms with E-state index in [1.165, 1.54) is 6.07 Å². The van der Waals surface area contributed by atoms with Crippen LogP contribution in [0.3, 0.4) is 0 Å². The predicted molar refractivity (Wildman–Crippen MR) is 96.8 cm³/mol. The first-order valence-corrected chi connectivity index (χ1v) is 8.89. The van der Waals surface area contributed by atoms with Gasteiger partial charge in [0, 0.05) is 25.2 Å². The zero-order valence-corrected chi connectivity index (χ0v) is 15.2. The lowest BCUT2D eigenvalue weighted by Crippen LogP contribution is -2.45. The molecule has 0 aromatic heterocycles. The molecule has 1 saturated carbocycles. The molecule has 0 aliphatic heterocycles. The van der Waals surface area contributed by atoms with E-state index < -0.39 is 5.82 Å². The Labute approximate surface area is 153 Å². The number of benzene rings is 1. The predicted octanol–water partition coefficient (Wildman–Crippen LogP) is 2.48. The highest BCUT2D eigenvalue weighted by Crippen LogP contribution is 2.25. The number of nitrogens with zero attached hydrogens (tertiary/aromatic N) is 2. The molecule has 2 N–H and O–H groups in total. The van der Waals surface area contributed by atoms with Crippen molar-refractivity contribution >= 4 is 11.9 Å². The van der Waals surface area contributed by atoms with Crippen LogP contribution >= 0.6 is 0 Å². The van der Waals surface area contributed by atoms with Crippen molar-refractivity contribution in [3.05, 3.63) is 35.1 Å². The van der Waals surface area contributed by atoms with Crippen LogP contribution in [0.4, 0.5) is 4.39 Å². The summed E-state index contributed by atoms with van der Waals surface area (Å²) < 4.78 is 19.0. The lowest BCUT2D eigenvalue weighted by Gasteiger charge is -2.29. The molecule has 2 rings (SSSR count). The number of carbonyl (C=O) groups excluding carboxylic acids is 1. The zero-order valence-electron chi connectivity index (χ0n) is 15.2. The molecule has 1 fully saturated rings. The molecule has 1 aliphatic carbocycles. The van der Waals surface area contributed by atoms with E-state index in [1.807, 2.05) is 13.0 Å². The number of halogens is 1. The molecule has 0 unspecified atom stereocenters. The molecule has 0 atom stereocenters. The first-order chi connectivity index (χ1) is 12.6. The summed E-state index contributed by atoms with van der Waals surface area (Å²) in [4.78, 5) is 16.0. The smallest absolute Gasteiger partial charge is 0.308 e. The number of carbonyl (C=O) groups is 1. The summed E-state index contributed by atoms with van der Waals surface area (Å²) in [7, 11) is 1.66. The molecule has 0 saturated heterocycles. The number of ether oxygens (including phenoxy) is 1. The minimum Gasteiger partial charge on any atom is -0.466 e. The molecule has 1 aromatic rings. The molecule has 0 amide bonds. The highest BCUT2D eigenvalue weighted by atomic mass is 19.1. The number of guanidine groups is 1. The topological polar surface area (TPSA) is 86.5 Å². The van der Waals surface area contributed by atoms with Gasteiger partial charge in [-0.1, -0.05) is 6.07 Å². The molecule has 7 heteroatoms. The molecule has 0 bridgehead atoms. The Kier molecular flexibility index (Phi) is 7.39. The standard InChI is InChI=1S/C19H25FN4O2/c1-3-26-18(25)14-6-8-16(9-7-14)24-19(22-2)23-12-15-5-4-13(11-21)10-17(15)20/h4-5,10,14,16H,3,6-9,12H2,1-2H3,(H2,22,23,24). The van der Waals surface area contributed by atoms with Gasteiger partial charge in [0.15, 0.2) is 5.96 Å². The number of aliphatic imine (C=N–C) groups is 1. The highest BCUT2D eigenvalue weighted by Gasteiger charge is 2.27. The Morgan fingerprint density at radius 3 is 2.69 bits per heavy atom. The molecule has 1 aromatic carbocycles. The van der Waals surface area contributed by atoms with Crippen molar-refractivity contribution in [3.8, 4) is 6.07 Å². The number of hydrogen-bond donors (Lipinski definition) is 2. The van der Waals surface area contributed by atoms with Gasteiger partial charge in [0.1, 0.15) is 5.82 Å². The molecule has 0 heterocycles. The molecule has 0 radical (unpaired) electrons. The second-order valence-electron chi connectivity index (χ2n) is 6.29. The summed E-state index contributed by atoms with van der Waals surface area (Å²) in [6.45, 7) is 2.51. The maximum Gasteiger partial charge on any atom is 0.308 e. The Bertz CT molecular complexity index is 691.